The van der Waals surface area contributed by atoms with Crippen molar-refractivity contribution in [2.75, 3.05) is 0 Å². The summed E-state index contributed by atoms with van der Waals surface area (Å²) in [6, 6.07) is 5.72. The Morgan fingerprint density at radius 2 is 2.06 bits per heavy atom. The van der Waals surface area contributed by atoms with Crippen LogP contribution in [0.15, 0.2) is 29.4 Å². The van der Waals surface area contributed by atoms with Gasteiger partial charge in [-0.15, -0.1) is 0 Å². The molecule has 2 rings (SSSR count). The van der Waals surface area contributed by atoms with Crippen LogP contribution in [-0.4, -0.2) is 22.9 Å². The minimum atomic E-state index is -1.05. The van der Waals surface area contributed by atoms with Gasteiger partial charge in [-0.2, -0.15) is 0 Å². The second-order valence-electron chi connectivity index (χ2n) is 3.64. The maximum atomic E-state index is 12.7. The van der Waals surface area contributed by atoms with Crippen molar-refractivity contribution in [3.63, 3.8) is 0 Å². The van der Waals surface area contributed by atoms with Crippen molar-refractivity contribution in [1.82, 2.24) is 0 Å². The molecule has 1 N–H and O–H groups in total. The van der Waals surface area contributed by atoms with Gasteiger partial charge >= 0.3 is 5.97 Å². The summed E-state index contributed by atoms with van der Waals surface area (Å²) in [6.07, 6.45) is -0.958. The first-order chi connectivity index (χ1) is 7.59. The topological polar surface area (TPSA) is 58.9 Å². The van der Waals surface area contributed by atoms with E-state index in [0.29, 0.717) is 11.3 Å². The molecule has 0 spiro atoms. The number of nitrogens with zero attached hydrogens (tertiary/aromatic N) is 1. The number of carboxylic acids is 1. The Balaban J connectivity index is 2.24. The zero-order valence-electron chi connectivity index (χ0n) is 8.55. The van der Waals surface area contributed by atoms with Gasteiger partial charge in [-0.3, -0.25) is 0 Å². The van der Waals surface area contributed by atoms with E-state index in [-0.39, 0.29) is 11.7 Å². The molecule has 0 aliphatic carbocycles. The fraction of sp³-hybridized carbons (Fsp3) is 0.273. The number of carbonyl (C=O) groups is 1. The molecule has 5 heteroatoms. The van der Waals surface area contributed by atoms with Crippen molar-refractivity contribution in [3.05, 3.63) is 35.6 Å². The predicted molar refractivity (Wildman–Crippen MR) is 54.6 cm³/mol. The zero-order chi connectivity index (χ0) is 11.7. The van der Waals surface area contributed by atoms with E-state index in [4.69, 9.17) is 9.94 Å². The smallest absolute Gasteiger partial charge is 0.348 e. The van der Waals surface area contributed by atoms with Gasteiger partial charge in [-0.1, -0.05) is 24.2 Å². The highest BCUT2D eigenvalue weighted by molar-refractivity contribution is 6.04. The van der Waals surface area contributed by atoms with E-state index < -0.39 is 12.1 Å². The predicted octanol–water partition coefficient (Wildman–Crippen LogP) is 1.65. The minimum Gasteiger partial charge on any atom is -0.478 e. The summed E-state index contributed by atoms with van der Waals surface area (Å²) in [5, 5.41) is 12.6. The third-order valence-corrected chi connectivity index (χ3v) is 2.53. The minimum absolute atomic E-state index is 0.342. The van der Waals surface area contributed by atoms with Crippen LogP contribution in [0.3, 0.4) is 0 Å². The Bertz CT molecular complexity index is 441. The second kappa shape index (κ2) is 3.92. The van der Waals surface area contributed by atoms with Crippen LogP contribution in [0, 0.1) is 11.7 Å². The number of carboxylic acid groups (broad SMARTS) is 1. The fourth-order valence-electron chi connectivity index (χ4n) is 1.63. The fourth-order valence-corrected chi connectivity index (χ4v) is 1.63. The molecule has 1 aliphatic rings. The van der Waals surface area contributed by atoms with Gasteiger partial charge in [-0.05, 0) is 17.7 Å². The number of hydrogen-bond acceptors (Lipinski definition) is 3. The highest BCUT2D eigenvalue weighted by Gasteiger charge is 2.36. The van der Waals surface area contributed by atoms with Gasteiger partial charge in [-0.25, -0.2) is 9.18 Å². The van der Waals surface area contributed by atoms with Crippen LogP contribution in [0.1, 0.15) is 12.5 Å². The van der Waals surface area contributed by atoms with Gasteiger partial charge < -0.3 is 9.94 Å². The van der Waals surface area contributed by atoms with Crippen LogP contribution >= 0.6 is 0 Å². The number of benzene rings is 1. The second-order valence-corrected chi connectivity index (χ2v) is 3.64. The van der Waals surface area contributed by atoms with Crippen molar-refractivity contribution >= 4 is 11.7 Å². The Morgan fingerprint density at radius 1 is 1.44 bits per heavy atom. The third kappa shape index (κ3) is 1.76. The van der Waals surface area contributed by atoms with E-state index in [2.05, 4.69) is 5.16 Å². The number of hydrogen-bond donors (Lipinski definition) is 1. The van der Waals surface area contributed by atoms with E-state index >= 15 is 0 Å². The lowest BCUT2D eigenvalue weighted by Crippen LogP contribution is -2.29. The van der Waals surface area contributed by atoms with Gasteiger partial charge in [0.05, 0.1) is 11.6 Å². The molecule has 1 aromatic rings. The summed E-state index contributed by atoms with van der Waals surface area (Å²) in [6.45, 7) is 1.72. The van der Waals surface area contributed by atoms with Crippen molar-refractivity contribution < 1.29 is 19.1 Å². The SMILES string of the molecule is C[C@@H]1C(c2ccc(F)cc2)=NO[C@H]1C(=O)O. The van der Waals surface area contributed by atoms with E-state index in [1.807, 2.05) is 0 Å². The average Bonchev–Trinajstić information content (AvgIpc) is 2.61. The van der Waals surface area contributed by atoms with Crippen LogP contribution in [0.2, 0.25) is 0 Å². The van der Waals surface area contributed by atoms with Gasteiger partial charge in [0.1, 0.15) is 5.82 Å². The van der Waals surface area contributed by atoms with E-state index in [1.165, 1.54) is 12.1 Å². The summed E-state index contributed by atoms with van der Waals surface area (Å²) in [7, 11) is 0. The summed E-state index contributed by atoms with van der Waals surface area (Å²) < 4.78 is 12.7. The zero-order valence-corrected chi connectivity index (χ0v) is 8.55. The first kappa shape index (κ1) is 10.6. The molecule has 1 aliphatic heterocycles. The van der Waals surface area contributed by atoms with E-state index in [1.54, 1.807) is 19.1 Å². The van der Waals surface area contributed by atoms with Crippen LogP contribution in [0.5, 0.6) is 0 Å². The van der Waals surface area contributed by atoms with Crippen molar-refractivity contribution in [2.45, 2.75) is 13.0 Å². The molecule has 0 aromatic heterocycles. The number of rotatable bonds is 2. The van der Waals surface area contributed by atoms with E-state index in [9.17, 15) is 9.18 Å². The molecule has 4 nitrogen and oxygen atoms in total. The van der Waals surface area contributed by atoms with Crippen LogP contribution < -0.4 is 0 Å². The molecule has 0 saturated carbocycles. The number of oxime groups is 1. The molecule has 0 unspecified atom stereocenters. The number of aliphatic carboxylic acids is 1. The van der Waals surface area contributed by atoms with Gasteiger partial charge in [0.15, 0.2) is 0 Å². The Morgan fingerprint density at radius 3 is 2.56 bits per heavy atom. The first-order valence-corrected chi connectivity index (χ1v) is 4.82. The van der Waals surface area contributed by atoms with Crippen molar-refractivity contribution in [1.29, 1.82) is 0 Å². The molecular weight excluding hydrogens is 213 g/mol. The van der Waals surface area contributed by atoms with Crippen LogP contribution in [-0.2, 0) is 9.63 Å². The lowest BCUT2D eigenvalue weighted by atomic mass is 9.94. The lowest BCUT2D eigenvalue weighted by Gasteiger charge is -2.09. The van der Waals surface area contributed by atoms with Crippen LogP contribution in [0.4, 0.5) is 4.39 Å². The Hall–Kier alpha value is -1.91. The van der Waals surface area contributed by atoms with Gasteiger partial charge in [0.25, 0.3) is 0 Å². The molecular formula is C11H10FNO3. The summed E-state index contributed by atoms with van der Waals surface area (Å²) >= 11 is 0. The first-order valence-electron chi connectivity index (χ1n) is 4.82. The largest absolute Gasteiger partial charge is 0.478 e. The normalized spacial score (nSPS) is 23.8. The molecule has 0 radical (unpaired) electrons. The third-order valence-electron chi connectivity index (χ3n) is 2.53. The number of halogens is 1. The summed E-state index contributed by atoms with van der Waals surface area (Å²) in [5.74, 6) is -1.73. The summed E-state index contributed by atoms with van der Waals surface area (Å²) in [4.78, 5) is 15.6. The lowest BCUT2D eigenvalue weighted by molar-refractivity contribution is -0.150. The van der Waals surface area contributed by atoms with Gasteiger partial charge in [0, 0.05) is 0 Å². The van der Waals surface area contributed by atoms with Crippen molar-refractivity contribution in [3.8, 4) is 0 Å². The summed E-state index contributed by atoms with van der Waals surface area (Å²) in [5.41, 5.74) is 1.21. The Kier molecular flexibility index (Phi) is 2.60. The quantitative estimate of drug-likeness (QED) is 0.829. The maximum absolute atomic E-state index is 12.7. The van der Waals surface area contributed by atoms with Crippen molar-refractivity contribution in [2.24, 2.45) is 11.1 Å². The average molecular weight is 223 g/mol. The molecule has 1 heterocycles. The molecule has 1 aromatic carbocycles. The highest BCUT2D eigenvalue weighted by Crippen LogP contribution is 2.23. The molecule has 0 fully saturated rings. The molecule has 0 amide bonds. The molecule has 0 bridgehead atoms. The maximum Gasteiger partial charge on any atom is 0.348 e. The van der Waals surface area contributed by atoms with E-state index in [0.717, 1.165) is 0 Å². The molecule has 0 saturated heterocycles. The van der Waals surface area contributed by atoms with Crippen LogP contribution in [0.25, 0.3) is 0 Å². The molecule has 84 valence electrons. The molecule has 2 atom stereocenters. The monoisotopic (exact) mass is 223 g/mol. The van der Waals surface area contributed by atoms with Gasteiger partial charge in [0.2, 0.25) is 6.10 Å². The molecule has 16 heavy (non-hydrogen) atoms. The standard InChI is InChI=1S/C11H10FNO3/c1-6-9(13-16-10(6)11(14)15)7-2-4-8(12)5-3-7/h2-6,10H,1H3,(H,14,15)/t6-,10-/m1/s1. The Labute approximate surface area is 91.3 Å². The highest BCUT2D eigenvalue weighted by atomic mass is 19.1.